The van der Waals surface area contributed by atoms with Crippen LogP contribution in [0.4, 0.5) is 0 Å². The Bertz CT molecular complexity index is 78.1. The molecule has 1 rings (SSSR count). The van der Waals surface area contributed by atoms with Crippen LogP contribution in [0.2, 0.25) is 0 Å². The van der Waals surface area contributed by atoms with Crippen molar-refractivity contribution in [3.8, 4) is 0 Å². The molecule has 0 saturated carbocycles. The highest BCUT2D eigenvalue weighted by atomic mass is 32.2. The molecule has 0 bridgehead atoms. The van der Waals surface area contributed by atoms with Crippen molar-refractivity contribution in [1.29, 1.82) is 0 Å². The lowest BCUT2D eigenvalue weighted by Gasteiger charge is -2.26. The average molecular weight is 135 g/mol. The van der Waals surface area contributed by atoms with Crippen LogP contribution in [0.5, 0.6) is 0 Å². The van der Waals surface area contributed by atoms with Gasteiger partial charge in [-0.2, -0.15) is 0 Å². The smallest absolute Gasteiger partial charge is 0.231 e. The minimum absolute atomic E-state index is 0.431. The number of aliphatic hydroxyl groups is 2. The molecule has 4 heteroatoms. The molecule has 8 heavy (non-hydrogen) atoms. The van der Waals surface area contributed by atoms with Gasteiger partial charge >= 0.3 is 0 Å². The maximum atomic E-state index is 8.80. The van der Waals surface area contributed by atoms with Gasteiger partial charge in [-0.1, -0.05) is 11.9 Å². The molecule has 0 aromatic rings. The van der Waals surface area contributed by atoms with E-state index in [1.807, 2.05) is 0 Å². The molecular weight excluding hydrogens is 126 g/mol. The Balaban J connectivity index is 2.33. The maximum absolute atomic E-state index is 8.80. The van der Waals surface area contributed by atoms with Crippen LogP contribution in [0.3, 0.4) is 0 Å². The first kappa shape index (κ1) is 6.35. The molecule has 1 fully saturated rings. The summed E-state index contributed by atoms with van der Waals surface area (Å²) in [6.45, 7) is 0. The lowest BCUT2D eigenvalue weighted by Crippen LogP contribution is -2.43. The first-order chi connectivity index (χ1) is 3.71. The highest BCUT2D eigenvalue weighted by Crippen LogP contribution is 2.17. The van der Waals surface area contributed by atoms with Crippen molar-refractivity contribution in [1.82, 2.24) is 4.72 Å². The first-order valence-electron chi connectivity index (χ1n) is 2.54. The normalized spacial score (nSPS) is 27.8. The van der Waals surface area contributed by atoms with Crippen molar-refractivity contribution in [2.75, 3.05) is 5.75 Å². The van der Waals surface area contributed by atoms with Crippen LogP contribution in [0, 0.1) is 0 Å². The summed E-state index contributed by atoms with van der Waals surface area (Å²) in [5, 5.41) is 17.6. The third kappa shape index (κ3) is 1.63. The Labute approximate surface area is 52.2 Å². The van der Waals surface area contributed by atoms with E-state index in [9.17, 15) is 0 Å². The number of rotatable bonds is 0. The standard InChI is InChI=1S/C4H9NO2S/c6-4(7)2-1-3-8-5-4/h5-7H,1-3H2. The summed E-state index contributed by atoms with van der Waals surface area (Å²) >= 11 is 1.35. The van der Waals surface area contributed by atoms with E-state index in [1.165, 1.54) is 11.9 Å². The van der Waals surface area contributed by atoms with E-state index in [0.717, 1.165) is 12.2 Å². The lowest BCUT2D eigenvalue weighted by atomic mass is 10.3. The molecule has 0 amide bonds. The first-order valence-corrected chi connectivity index (χ1v) is 3.53. The van der Waals surface area contributed by atoms with Gasteiger partial charge in [-0.15, -0.1) is 0 Å². The van der Waals surface area contributed by atoms with E-state index < -0.39 is 5.91 Å². The highest BCUT2D eigenvalue weighted by Gasteiger charge is 2.24. The average Bonchev–Trinajstić information content (AvgIpc) is 1.65. The predicted molar refractivity (Wildman–Crippen MR) is 32.0 cm³/mol. The Hall–Kier alpha value is 0.230. The summed E-state index contributed by atoms with van der Waals surface area (Å²) in [4.78, 5) is 0. The molecule has 0 aromatic heterocycles. The highest BCUT2D eigenvalue weighted by molar-refractivity contribution is 7.97. The van der Waals surface area contributed by atoms with Gasteiger partial charge in [0, 0.05) is 12.2 Å². The van der Waals surface area contributed by atoms with Crippen molar-refractivity contribution < 1.29 is 10.2 Å². The fourth-order valence-electron chi connectivity index (χ4n) is 0.608. The fraction of sp³-hybridized carbons (Fsp3) is 1.00. The molecule has 3 N–H and O–H groups in total. The summed E-state index contributed by atoms with van der Waals surface area (Å²) in [6, 6.07) is 0. The molecule has 0 aliphatic carbocycles. The van der Waals surface area contributed by atoms with E-state index in [0.29, 0.717) is 6.42 Å². The SMILES string of the molecule is OC1(O)CCCSN1. The van der Waals surface area contributed by atoms with E-state index >= 15 is 0 Å². The number of hydrogen-bond acceptors (Lipinski definition) is 4. The molecule has 1 heterocycles. The van der Waals surface area contributed by atoms with E-state index in [4.69, 9.17) is 10.2 Å². The Morgan fingerprint density at radius 2 is 2.25 bits per heavy atom. The molecule has 0 unspecified atom stereocenters. The van der Waals surface area contributed by atoms with Crippen LogP contribution < -0.4 is 4.72 Å². The van der Waals surface area contributed by atoms with Crippen molar-refractivity contribution in [2.24, 2.45) is 0 Å². The molecule has 1 aliphatic heterocycles. The second-order valence-electron chi connectivity index (χ2n) is 1.87. The van der Waals surface area contributed by atoms with Crippen LogP contribution >= 0.6 is 11.9 Å². The van der Waals surface area contributed by atoms with Crippen molar-refractivity contribution >= 4 is 11.9 Å². The van der Waals surface area contributed by atoms with Crippen molar-refractivity contribution in [3.63, 3.8) is 0 Å². The van der Waals surface area contributed by atoms with Crippen LogP contribution in [0.15, 0.2) is 0 Å². The molecule has 48 valence electrons. The zero-order chi connectivity index (χ0) is 6.04. The summed E-state index contributed by atoms with van der Waals surface area (Å²) in [6.07, 6.45) is 1.30. The van der Waals surface area contributed by atoms with Gasteiger partial charge in [0.25, 0.3) is 0 Å². The summed E-state index contributed by atoms with van der Waals surface area (Å²) < 4.78 is 2.49. The monoisotopic (exact) mass is 135 g/mol. The van der Waals surface area contributed by atoms with Crippen molar-refractivity contribution in [3.05, 3.63) is 0 Å². The second-order valence-corrected chi connectivity index (χ2v) is 2.77. The Morgan fingerprint density at radius 3 is 2.50 bits per heavy atom. The molecule has 0 atom stereocenters. The summed E-state index contributed by atoms with van der Waals surface area (Å²) in [7, 11) is 0. The lowest BCUT2D eigenvalue weighted by molar-refractivity contribution is -0.174. The molecule has 3 nitrogen and oxygen atoms in total. The van der Waals surface area contributed by atoms with Gasteiger partial charge in [-0.3, -0.25) is 0 Å². The maximum Gasteiger partial charge on any atom is 0.231 e. The van der Waals surface area contributed by atoms with Gasteiger partial charge < -0.3 is 10.2 Å². The van der Waals surface area contributed by atoms with Gasteiger partial charge in [0.2, 0.25) is 5.91 Å². The molecule has 0 aromatic carbocycles. The summed E-state index contributed by atoms with van der Waals surface area (Å²) in [5.41, 5.74) is 0. The van der Waals surface area contributed by atoms with Crippen molar-refractivity contribution in [2.45, 2.75) is 18.8 Å². The van der Waals surface area contributed by atoms with Crippen LogP contribution in [-0.4, -0.2) is 21.9 Å². The van der Waals surface area contributed by atoms with E-state index in [2.05, 4.69) is 4.72 Å². The largest absolute Gasteiger partial charge is 0.353 e. The molecule has 1 aliphatic rings. The van der Waals surface area contributed by atoms with Crippen LogP contribution in [-0.2, 0) is 0 Å². The Morgan fingerprint density at radius 1 is 1.50 bits per heavy atom. The third-order valence-corrected chi connectivity index (χ3v) is 1.97. The predicted octanol–water partition coefficient (Wildman–Crippen LogP) is -0.344. The van der Waals surface area contributed by atoms with E-state index in [1.54, 1.807) is 0 Å². The van der Waals surface area contributed by atoms with Gasteiger partial charge in [-0.05, 0) is 6.42 Å². The van der Waals surface area contributed by atoms with Gasteiger partial charge in [-0.25, -0.2) is 4.72 Å². The van der Waals surface area contributed by atoms with Gasteiger partial charge in [0.1, 0.15) is 0 Å². The van der Waals surface area contributed by atoms with Gasteiger partial charge in [0.15, 0.2) is 0 Å². The molecule has 0 radical (unpaired) electrons. The Kier molecular flexibility index (Phi) is 1.77. The quantitative estimate of drug-likeness (QED) is 0.314. The zero-order valence-electron chi connectivity index (χ0n) is 4.42. The van der Waals surface area contributed by atoms with Gasteiger partial charge in [0.05, 0.1) is 0 Å². The molecular formula is C4H9NO2S. The second kappa shape index (κ2) is 2.23. The van der Waals surface area contributed by atoms with E-state index in [-0.39, 0.29) is 0 Å². The minimum Gasteiger partial charge on any atom is -0.353 e. The number of nitrogens with one attached hydrogen (secondary N) is 1. The number of hydrogen-bond donors (Lipinski definition) is 3. The van der Waals surface area contributed by atoms with Crippen LogP contribution in [0.25, 0.3) is 0 Å². The minimum atomic E-state index is -1.61. The topological polar surface area (TPSA) is 52.5 Å². The molecule has 1 saturated heterocycles. The zero-order valence-corrected chi connectivity index (χ0v) is 5.24. The fourth-order valence-corrected chi connectivity index (χ4v) is 1.33. The summed E-state index contributed by atoms with van der Waals surface area (Å²) in [5.74, 6) is -0.647. The third-order valence-electron chi connectivity index (χ3n) is 1.01. The van der Waals surface area contributed by atoms with Crippen LogP contribution in [0.1, 0.15) is 12.8 Å². The molecule has 0 spiro atoms.